The van der Waals surface area contributed by atoms with Crippen molar-refractivity contribution in [3.05, 3.63) is 125 Å². The number of aromatic nitrogens is 1. The summed E-state index contributed by atoms with van der Waals surface area (Å²) in [6.07, 6.45) is 0.799. The first-order valence-corrected chi connectivity index (χ1v) is 14.1. The first-order chi connectivity index (χ1) is 19.4. The number of hydrogen-bond donors (Lipinski definition) is 1. The van der Waals surface area contributed by atoms with Crippen molar-refractivity contribution in [2.24, 2.45) is 4.99 Å². The Hall–Kier alpha value is -4.50. The second kappa shape index (κ2) is 10.6. The van der Waals surface area contributed by atoms with E-state index in [9.17, 15) is 5.11 Å². The van der Waals surface area contributed by atoms with Gasteiger partial charge < -0.3 is 5.11 Å². The lowest BCUT2D eigenvalue weighted by molar-refractivity contribution is 0.477. The Morgan fingerprint density at radius 2 is 1.20 bits per heavy atom. The summed E-state index contributed by atoms with van der Waals surface area (Å²) < 4.78 is 0. The molecule has 0 atom stereocenters. The Kier molecular flexibility index (Phi) is 6.81. The van der Waals surface area contributed by atoms with Crippen molar-refractivity contribution in [3.8, 4) is 39.4 Å². The van der Waals surface area contributed by atoms with Gasteiger partial charge in [-0.15, -0.1) is 0 Å². The molecule has 3 heteroatoms. The van der Waals surface area contributed by atoms with Gasteiger partial charge in [-0.1, -0.05) is 107 Å². The van der Waals surface area contributed by atoms with Gasteiger partial charge in [-0.2, -0.15) is 0 Å². The van der Waals surface area contributed by atoms with Gasteiger partial charge in [-0.3, -0.25) is 4.99 Å². The van der Waals surface area contributed by atoms with Crippen LogP contribution in [-0.2, 0) is 6.42 Å². The molecule has 2 heterocycles. The van der Waals surface area contributed by atoms with Crippen molar-refractivity contribution in [2.75, 3.05) is 0 Å². The summed E-state index contributed by atoms with van der Waals surface area (Å²) in [6.45, 7) is 8.96. The van der Waals surface area contributed by atoms with E-state index in [1.165, 1.54) is 16.7 Å². The summed E-state index contributed by atoms with van der Waals surface area (Å²) in [4.78, 5) is 10.2. The molecule has 1 aliphatic rings. The standard InChI is InChI=1S/C37H34N2O/c1-23(2)27-17-28(24(3)4)19-29(18-27)30-21-34(31-14-8-9-16-36(31)40)38-35(22-30)32-15-10-13-26-20-33(39-37(26)32)25-11-6-5-7-12-25/h5-19,21-24,40H,20H2,1-4H3. The smallest absolute Gasteiger partial charge is 0.124 e. The van der Waals surface area contributed by atoms with Crippen LogP contribution in [0.25, 0.3) is 33.6 Å². The molecule has 0 saturated heterocycles. The fraction of sp³-hybridized carbons (Fsp3) is 0.189. The molecule has 0 radical (unpaired) electrons. The van der Waals surface area contributed by atoms with Crippen LogP contribution in [0.5, 0.6) is 5.75 Å². The lowest BCUT2D eigenvalue weighted by atomic mass is 9.90. The van der Waals surface area contributed by atoms with Crippen LogP contribution in [0.1, 0.15) is 61.8 Å². The van der Waals surface area contributed by atoms with Crippen LogP contribution in [-0.4, -0.2) is 15.8 Å². The van der Waals surface area contributed by atoms with E-state index in [1.807, 2.05) is 24.3 Å². The third-order valence-electron chi connectivity index (χ3n) is 7.76. The fourth-order valence-electron chi connectivity index (χ4n) is 5.40. The van der Waals surface area contributed by atoms with Gasteiger partial charge in [0.25, 0.3) is 0 Å². The minimum atomic E-state index is 0.222. The van der Waals surface area contributed by atoms with Crippen LogP contribution in [0.3, 0.4) is 0 Å². The molecule has 1 N–H and O–H groups in total. The molecule has 0 saturated carbocycles. The van der Waals surface area contributed by atoms with E-state index in [4.69, 9.17) is 9.98 Å². The Morgan fingerprint density at radius 3 is 1.88 bits per heavy atom. The second-order valence-corrected chi connectivity index (χ2v) is 11.3. The zero-order chi connectivity index (χ0) is 27.8. The zero-order valence-corrected chi connectivity index (χ0v) is 23.5. The largest absolute Gasteiger partial charge is 0.507 e. The van der Waals surface area contributed by atoms with Crippen LogP contribution in [0.4, 0.5) is 5.69 Å². The van der Waals surface area contributed by atoms with Crippen LogP contribution in [0.2, 0.25) is 0 Å². The highest BCUT2D eigenvalue weighted by Gasteiger charge is 2.21. The molecular formula is C37H34N2O. The summed E-state index contributed by atoms with van der Waals surface area (Å²) in [6, 6.07) is 35.4. The predicted octanol–water partition coefficient (Wildman–Crippen LogP) is 9.71. The normalized spacial score (nSPS) is 12.6. The first kappa shape index (κ1) is 25.8. The zero-order valence-electron chi connectivity index (χ0n) is 23.5. The van der Waals surface area contributed by atoms with Crippen LogP contribution >= 0.6 is 0 Å². The molecule has 0 amide bonds. The molecule has 5 aromatic rings. The number of para-hydroxylation sites is 2. The van der Waals surface area contributed by atoms with Gasteiger partial charge in [0.1, 0.15) is 5.75 Å². The van der Waals surface area contributed by atoms with Crippen molar-refractivity contribution in [1.29, 1.82) is 0 Å². The van der Waals surface area contributed by atoms with Gasteiger partial charge in [-0.05, 0) is 69.5 Å². The number of phenolic OH excluding ortho intramolecular Hbond substituents is 1. The van der Waals surface area contributed by atoms with Crippen molar-refractivity contribution in [3.63, 3.8) is 0 Å². The number of benzene rings is 4. The quantitative estimate of drug-likeness (QED) is 0.241. The van der Waals surface area contributed by atoms with Crippen molar-refractivity contribution in [1.82, 2.24) is 4.98 Å². The summed E-state index contributed by atoms with van der Waals surface area (Å²) in [5.41, 5.74) is 12.6. The highest BCUT2D eigenvalue weighted by atomic mass is 16.3. The Balaban J connectivity index is 1.56. The summed E-state index contributed by atoms with van der Waals surface area (Å²) in [5.74, 6) is 1.05. The molecule has 0 spiro atoms. The van der Waals surface area contributed by atoms with Gasteiger partial charge in [0.05, 0.1) is 22.8 Å². The van der Waals surface area contributed by atoms with Gasteiger partial charge in [0, 0.05) is 17.5 Å². The second-order valence-electron chi connectivity index (χ2n) is 11.3. The average Bonchev–Trinajstić information content (AvgIpc) is 3.42. The Bertz CT molecular complexity index is 1710. The van der Waals surface area contributed by atoms with E-state index in [2.05, 4.69) is 100 Å². The van der Waals surface area contributed by atoms with Crippen LogP contribution < -0.4 is 0 Å². The number of hydrogen-bond acceptors (Lipinski definition) is 3. The molecule has 1 aliphatic heterocycles. The topological polar surface area (TPSA) is 45.5 Å². The number of pyridine rings is 1. The van der Waals surface area contributed by atoms with Crippen molar-refractivity contribution >= 4 is 11.4 Å². The van der Waals surface area contributed by atoms with Crippen LogP contribution in [0.15, 0.2) is 108 Å². The molecule has 0 bridgehead atoms. The van der Waals surface area contributed by atoms with E-state index in [0.717, 1.165) is 57.0 Å². The highest BCUT2D eigenvalue weighted by Crippen LogP contribution is 2.41. The molecule has 198 valence electrons. The summed E-state index contributed by atoms with van der Waals surface area (Å²) >= 11 is 0. The molecular weight excluding hydrogens is 488 g/mol. The molecule has 1 aromatic heterocycles. The maximum atomic E-state index is 10.8. The van der Waals surface area contributed by atoms with E-state index >= 15 is 0 Å². The van der Waals surface area contributed by atoms with Gasteiger partial charge >= 0.3 is 0 Å². The number of aliphatic imine (C=N–C) groups is 1. The first-order valence-electron chi connectivity index (χ1n) is 14.1. The predicted molar refractivity (Wildman–Crippen MR) is 167 cm³/mol. The number of aromatic hydroxyl groups is 1. The number of fused-ring (bicyclic) bond motifs is 1. The fourth-order valence-corrected chi connectivity index (χ4v) is 5.40. The maximum absolute atomic E-state index is 10.8. The summed E-state index contributed by atoms with van der Waals surface area (Å²) in [7, 11) is 0. The number of rotatable bonds is 6. The highest BCUT2D eigenvalue weighted by molar-refractivity contribution is 6.08. The van der Waals surface area contributed by atoms with Gasteiger partial charge in [0.2, 0.25) is 0 Å². The van der Waals surface area contributed by atoms with Gasteiger partial charge in [0.15, 0.2) is 0 Å². The van der Waals surface area contributed by atoms with Crippen LogP contribution in [0, 0.1) is 0 Å². The monoisotopic (exact) mass is 522 g/mol. The Morgan fingerprint density at radius 1 is 0.600 bits per heavy atom. The molecule has 0 fully saturated rings. The lowest BCUT2D eigenvalue weighted by Crippen LogP contribution is -1.99. The Labute approximate surface area is 236 Å². The van der Waals surface area contributed by atoms with Crippen molar-refractivity contribution < 1.29 is 5.11 Å². The minimum absolute atomic E-state index is 0.222. The average molecular weight is 523 g/mol. The van der Waals surface area contributed by atoms with E-state index in [-0.39, 0.29) is 5.75 Å². The van der Waals surface area contributed by atoms with E-state index in [0.29, 0.717) is 11.8 Å². The third-order valence-corrected chi connectivity index (χ3v) is 7.76. The van der Waals surface area contributed by atoms with E-state index in [1.54, 1.807) is 6.07 Å². The molecule has 4 aromatic carbocycles. The molecule has 6 rings (SSSR count). The van der Waals surface area contributed by atoms with Gasteiger partial charge in [-0.25, -0.2) is 4.98 Å². The summed E-state index contributed by atoms with van der Waals surface area (Å²) in [5, 5.41) is 10.8. The molecule has 3 nitrogen and oxygen atoms in total. The maximum Gasteiger partial charge on any atom is 0.124 e. The van der Waals surface area contributed by atoms with E-state index < -0.39 is 0 Å². The molecule has 0 unspecified atom stereocenters. The number of phenols is 1. The molecule has 40 heavy (non-hydrogen) atoms. The minimum Gasteiger partial charge on any atom is -0.507 e. The number of nitrogens with zero attached hydrogens (tertiary/aromatic N) is 2. The van der Waals surface area contributed by atoms with Crippen molar-refractivity contribution in [2.45, 2.75) is 46.0 Å². The third kappa shape index (κ3) is 4.96. The molecule has 0 aliphatic carbocycles. The SMILES string of the molecule is CC(C)c1cc(-c2cc(-c3ccccc3O)nc(-c3cccc4c3N=C(c3ccccc3)C4)c2)cc(C(C)C)c1. The lowest BCUT2D eigenvalue weighted by Gasteiger charge is -2.17.